The normalized spacial score (nSPS) is 22.8. The Bertz CT molecular complexity index is 197. The SMILES string of the molecule is CC(C)/C(=C/C1(C)CCCCC1)CO. The quantitative estimate of drug-likeness (QED) is 0.685. The van der Waals surface area contributed by atoms with Crippen molar-refractivity contribution in [2.45, 2.75) is 52.9 Å². The van der Waals surface area contributed by atoms with Crippen LogP contribution in [-0.2, 0) is 0 Å². The summed E-state index contributed by atoms with van der Waals surface area (Å²) in [7, 11) is 0. The van der Waals surface area contributed by atoms with Crippen LogP contribution in [0.1, 0.15) is 52.9 Å². The van der Waals surface area contributed by atoms with Crippen LogP contribution in [-0.4, -0.2) is 11.7 Å². The van der Waals surface area contributed by atoms with Crippen LogP contribution >= 0.6 is 0 Å². The van der Waals surface area contributed by atoms with E-state index in [1.165, 1.54) is 37.7 Å². The first-order valence-electron chi connectivity index (χ1n) is 5.90. The van der Waals surface area contributed by atoms with Crippen molar-refractivity contribution in [3.05, 3.63) is 11.6 Å². The topological polar surface area (TPSA) is 20.2 Å². The molecular formula is C13H24O. The molecule has 1 aliphatic rings. The third-order valence-electron chi connectivity index (χ3n) is 3.45. The average Bonchev–Trinajstić information content (AvgIpc) is 2.15. The van der Waals surface area contributed by atoms with Crippen LogP contribution in [0, 0.1) is 11.3 Å². The Kier molecular flexibility index (Phi) is 4.18. The summed E-state index contributed by atoms with van der Waals surface area (Å²) in [5.74, 6) is 0.485. The molecule has 0 atom stereocenters. The summed E-state index contributed by atoms with van der Waals surface area (Å²) in [5.41, 5.74) is 1.58. The lowest BCUT2D eigenvalue weighted by Gasteiger charge is -2.32. The van der Waals surface area contributed by atoms with Gasteiger partial charge in [-0.25, -0.2) is 0 Å². The maximum atomic E-state index is 9.27. The van der Waals surface area contributed by atoms with Gasteiger partial charge in [0.2, 0.25) is 0 Å². The van der Waals surface area contributed by atoms with Crippen LogP contribution < -0.4 is 0 Å². The van der Waals surface area contributed by atoms with Gasteiger partial charge in [0.25, 0.3) is 0 Å². The summed E-state index contributed by atoms with van der Waals surface area (Å²) in [5, 5.41) is 9.27. The highest BCUT2D eigenvalue weighted by Crippen LogP contribution is 2.38. The Hall–Kier alpha value is -0.300. The van der Waals surface area contributed by atoms with E-state index in [0.717, 1.165) is 0 Å². The average molecular weight is 196 g/mol. The highest BCUT2D eigenvalue weighted by molar-refractivity contribution is 5.11. The smallest absolute Gasteiger partial charge is 0.0644 e. The minimum absolute atomic E-state index is 0.229. The lowest BCUT2D eigenvalue weighted by atomic mass is 9.74. The van der Waals surface area contributed by atoms with Crippen LogP contribution in [0.15, 0.2) is 11.6 Å². The minimum Gasteiger partial charge on any atom is -0.392 e. The molecule has 1 heteroatoms. The second kappa shape index (κ2) is 4.97. The molecule has 0 heterocycles. The third-order valence-corrected chi connectivity index (χ3v) is 3.45. The zero-order valence-corrected chi connectivity index (χ0v) is 9.84. The molecule has 1 nitrogen and oxygen atoms in total. The summed E-state index contributed by atoms with van der Waals surface area (Å²) in [6.45, 7) is 6.89. The summed E-state index contributed by atoms with van der Waals surface area (Å²) < 4.78 is 0. The second-order valence-electron chi connectivity index (χ2n) is 5.25. The van der Waals surface area contributed by atoms with Crippen molar-refractivity contribution >= 4 is 0 Å². The maximum Gasteiger partial charge on any atom is 0.0644 e. The molecule has 0 saturated heterocycles. The summed E-state index contributed by atoms with van der Waals surface area (Å²) in [6.07, 6.45) is 9.02. The minimum atomic E-state index is 0.229. The number of rotatable bonds is 3. The van der Waals surface area contributed by atoms with Gasteiger partial charge in [0.1, 0.15) is 0 Å². The monoisotopic (exact) mass is 196 g/mol. The predicted octanol–water partition coefficient (Wildman–Crippen LogP) is 3.53. The van der Waals surface area contributed by atoms with Crippen molar-refractivity contribution in [1.82, 2.24) is 0 Å². The van der Waals surface area contributed by atoms with Crippen molar-refractivity contribution in [3.63, 3.8) is 0 Å². The molecule has 82 valence electrons. The van der Waals surface area contributed by atoms with Crippen molar-refractivity contribution in [1.29, 1.82) is 0 Å². The molecule has 1 aliphatic carbocycles. The molecule has 0 unspecified atom stereocenters. The van der Waals surface area contributed by atoms with Gasteiger partial charge in [-0.1, -0.05) is 46.1 Å². The van der Waals surface area contributed by atoms with E-state index in [4.69, 9.17) is 0 Å². The van der Waals surface area contributed by atoms with Gasteiger partial charge in [-0.15, -0.1) is 0 Å². The van der Waals surface area contributed by atoms with E-state index in [0.29, 0.717) is 11.3 Å². The van der Waals surface area contributed by atoms with E-state index < -0.39 is 0 Å². The highest BCUT2D eigenvalue weighted by Gasteiger charge is 2.25. The Morgan fingerprint density at radius 3 is 2.29 bits per heavy atom. The van der Waals surface area contributed by atoms with Crippen molar-refractivity contribution in [2.75, 3.05) is 6.61 Å². The summed E-state index contributed by atoms with van der Waals surface area (Å²) in [6, 6.07) is 0. The van der Waals surface area contributed by atoms with Crippen LogP contribution in [0.5, 0.6) is 0 Å². The van der Waals surface area contributed by atoms with Gasteiger partial charge < -0.3 is 5.11 Å². The van der Waals surface area contributed by atoms with Gasteiger partial charge in [-0.05, 0) is 29.7 Å². The molecular weight excluding hydrogens is 172 g/mol. The second-order valence-corrected chi connectivity index (χ2v) is 5.25. The number of aliphatic hydroxyl groups is 1. The first-order chi connectivity index (χ1) is 6.57. The van der Waals surface area contributed by atoms with Crippen LogP contribution in [0.25, 0.3) is 0 Å². The molecule has 0 aromatic carbocycles. The lowest BCUT2D eigenvalue weighted by molar-refractivity contribution is 0.272. The third kappa shape index (κ3) is 3.13. The number of aliphatic hydroxyl groups excluding tert-OH is 1. The van der Waals surface area contributed by atoms with Crippen LogP contribution in [0.4, 0.5) is 0 Å². The van der Waals surface area contributed by atoms with Gasteiger partial charge in [0.05, 0.1) is 6.61 Å². The maximum absolute atomic E-state index is 9.27. The van der Waals surface area contributed by atoms with Gasteiger partial charge in [-0.2, -0.15) is 0 Å². The summed E-state index contributed by atoms with van der Waals surface area (Å²) in [4.78, 5) is 0. The number of allylic oxidation sites excluding steroid dienone is 1. The standard InChI is InChI=1S/C13H24O/c1-11(2)12(10-14)9-13(3)7-5-4-6-8-13/h9,11,14H,4-8,10H2,1-3H3/b12-9+. The van der Waals surface area contributed by atoms with E-state index in [9.17, 15) is 5.11 Å². The molecule has 0 aliphatic heterocycles. The molecule has 14 heavy (non-hydrogen) atoms. The zero-order valence-electron chi connectivity index (χ0n) is 9.84. The van der Waals surface area contributed by atoms with E-state index >= 15 is 0 Å². The Morgan fingerprint density at radius 1 is 1.29 bits per heavy atom. The lowest BCUT2D eigenvalue weighted by Crippen LogP contribution is -2.19. The van der Waals surface area contributed by atoms with Gasteiger partial charge in [-0.3, -0.25) is 0 Å². The fourth-order valence-electron chi connectivity index (χ4n) is 2.35. The molecule has 1 saturated carbocycles. The molecule has 0 amide bonds. The Labute approximate surface area is 88.2 Å². The van der Waals surface area contributed by atoms with E-state index in [1.807, 2.05) is 0 Å². The molecule has 0 radical (unpaired) electrons. The largest absolute Gasteiger partial charge is 0.392 e. The van der Waals surface area contributed by atoms with Crippen molar-refractivity contribution < 1.29 is 5.11 Å². The van der Waals surface area contributed by atoms with Crippen molar-refractivity contribution in [3.8, 4) is 0 Å². The zero-order chi connectivity index (χ0) is 10.6. The highest BCUT2D eigenvalue weighted by atomic mass is 16.3. The van der Waals surface area contributed by atoms with Crippen molar-refractivity contribution in [2.24, 2.45) is 11.3 Å². The van der Waals surface area contributed by atoms with Gasteiger partial charge >= 0.3 is 0 Å². The van der Waals surface area contributed by atoms with E-state index in [2.05, 4.69) is 26.8 Å². The molecule has 1 N–H and O–H groups in total. The van der Waals surface area contributed by atoms with E-state index in [1.54, 1.807) is 0 Å². The first kappa shape index (κ1) is 11.8. The molecule has 1 fully saturated rings. The van der Waals surface area contributed by atoms with E-state index in [-0.39, 0.29) is 6.61 Å². The molecule has 1 rings (SSSR count). The number of hydrogen-bond donors (Lipinski definition) is 1. The molecule has 0 spiro atoms. The van der Waals surface area contributed by atoms with Crippen LogP contribution in [0.2, 0.25) is 0 Å². The Morgan fingerprint density at radius 2 is 1.86 bits per heavy atom. The summed E-state index contributed by atoms with van der Waals surface area (Å²) >= 11 is 0. The Balaban J connectivity index is 2.70. The molecule has 0 aromatic rings. The predicted molar refractivity (Wildman–Crippen MR) is 61.2 cm³/mol. The van der Waals surface area contributed by atoms with Gasteiger partial charge in [0.15, 0.2) is 0 Å². The fourth-order valence-corrected chi connectivity index (χ4v) is 2.35. The molecule has 0 aromatic heterocycles. The fraction of sp³-hybridized carbons (Fsp3) is 0.846. The first-order valence-corrected chi connectivity index (χ1v) is 5.90. The number of hydrogen-bond acceptors (Lipinski definition) is 1. The van der Waals surface area contributed by atoms with Gasteiger partial charge in [0, 0.05) is 0 Å². The van der Waals surface area contributed by atoms with Crippen LogP contribution in [0.3, 0.4) is 0 Å². The molecule has 0 bridgehead atoms.